The molecule has 0 spiro atoms. The number of benzene rings is 3. The van der Waals surface area contributed by atoms with Crippen molar-refractivity contribution in [1.82, 2.24) is 4.13 Å². The summed E-state index contributed by atoms with van der Waals surface area (Å²) in [5.74, 6) is 0. The van der Waals surface area contributed by atoms with Crippen LogP contribution in [0.2, 0.25) is 0 Å². The zero-order chi connectivity index (χ0) is 25.6. The molecule has 0 aliphatic rings. The Bertz CT molecular complexity index is 1130. The van der Waals surface area contributed by atoms with Gasteiger partial charge in [-0.25, -0.2) is 16.8 Å². The number of hydrogen-bond donors (Lipinski definition) is 1. The van der Waals surface area contributed by atoms with E-state index in [9.17, 15) is 43.2 Å². The Balaban J connectivity index is 0.000000249. The van der Waals surface area contributed by atoms with E-state index in [-0.39, 0.29) is 0 Å². The number of alkyl halides is 6. The summed E-state index contributed by atoms with van der Waals surface area (Å²) in [6.07, 6.45) is 0. The maximum absolute atomic E-state index is 11.5. The molecule has 0 saturated carbocycles. The smallest absolute Gasteiger partial charge is 0.202 e. The quantitative estimate of drug-likeness (QED) is 0.393. The third-order valence-electron chi connectivity index (χ3n) is 3.87. The summed E-state index contributed by atoms with van der Waals surface area (Å²) in [6, 6.07) is 32.3. The van der Waals surface area contributed by atoms with Gasteiger partial charge in [0.2, 0.25) is 0 Å². The van der Waals surface area contributed by atoms with Gasteiger partial charge in [-0.15, -0.1) is 0 Å². The molecule has 3 aromatic rings. The maximum atomic E-state index is 11.5. The molecule has 14 heteroatoms. The molecule has 0 aromatic heterocycles. The predicted molar refractivity (Wildman–Crippen MR) is 118 cm³/mol. The third-order valence-corrected chi connectivity index (χ3v) is 9.29. The van der Waals surface area contributed by atoms with E-state index in [1.54, 1.807) is 0 Å². The second-order valence-electron chi connectivity index (χ2n) is 6.32. The average molecular weight is 543 g/mol. The van der Waals surface area contributed by atoms with Crippen LogP contribution >= 0.6 is 7.92 Å². The molecule has 0 saturated heterocycles. The Morgan fingerprint density at radius 1 is 0.500 bits per heavy atom. The highest BCUT2D eigenvalue weighted by molar-refractivity contribution is 8.05. The molecule has 0 amide bonds. The van der Waals surface area contributed by atoms with Gasteiger partial charge in [0.15, 0.2) is 0 Å². The molecule has 0 unspecified atom stereocenters. The average Bonchev–Trinajstić information content (AvgIpc) is 2.74. The first-order valence-corrected chi connectivity index (χ1v) is 13.3. The number of rotatable bonds is 5. The van der Waals surface area contributed by atoms with Gasteiger partial charge in [0, 0.05) is 0 Å². The van der Waals surface area contributed by atoms with Crippen LogP contribution in [0.3, 0.4) is 0 Å². The highest BCUT2D eigenvalue weighted by atomic mass is 32.3. The Hall–Kier alpha value is -2.47. The molecule has 0 bridgehead atoms. The summed E-state index contributed by atoms with van der Waals surface area (Å²) in [4.78, 5) is 0. The fraction of sp³-hybridized carbons (Fsp3) is 0.100. The number of halogens is 6. The first-order valence-electron chi connectivity index (χ1n) is 9.02. The minimum Gasteiger partial charge on any atom is -0.202 e. The SMILES string of the molecule is O=S(=O)(NS(=O)(=O)C(F)(F)F)C(F)(F)F.c1ccc(P(c2ccccc2)c2ccccc2)cc1. The fourth-order valence-electron chi connectivity index (χ4n) is 2.42. The summed E-state index contributed by atoms with van der Waals surface area (Å²) in [5.41, 5.74) is -12.3. The monoisotopic (exact) mass is 543 g/mol. The van der Waals surface area contributed by atoms with Crippen LogP contribution in [0.4, 0.5) is 26.3 Å². The lowest BCUT2D eigenvalue weighted by molar-refractivity contribution is -0.0476. The van der Waals surface area contributed by atoms with Crippen molar-refractivity contribution in [3.63, 3.8) is 0 Å². The van der Waals surface area contributed by atoms with E-state index >= 15 is 0 Å². The molecular weight excluding hydrogens is 527 g/mol. The summed E-state index contributed by atoms with van der Waals surface area (Å²) < 4.78 is 108. The third kappa shape index (κ3) is 7.26. The summed E-state index contributed by atoms with van der Waals surface area (Å²) in [5, 5.41) is 4.19. The Morgan fingerprint density at radius 3 is 0.941 bits per heavy atom. The fourth-order valence-corrected chi connectivity index (χ4v) is 6.63. The van der Waals surface area contributed by atoms with Crippen molar-refractivity contribution in [2.24, 2.45) is 0 Å². The molecule has 1 N–H and O–H groups in total. The van der Waals surface area contributed by atoms with Crippen LogP contribution in [0.5, 0.6) is 0 Å². The van der Waals surface area contributed by atoms with Crippen LogP contribution in [0.15, 0.2) is 91.0 Å². The van der Waals surface area contributed by atoms with E-state index in [4.69, 9.17) is 0 Å². The van der Waals surface area contributed by atoms with Crippen molar-refractivity contribution in [2.45, 2.75) is 11.0 Å². The molecule has 0 aliphatic heterocycles. The van der Waals surface area contributed by atoms with E-state index in [1.165, 1.54) is 15.9 Å². The molecular formula is C20H16F6NO4PS2. The van der Waals surface area contributed by atoms with Gasteiger partial charge < -0.3 is 0 Å². The van der Waals surface area contributed by atoms with E-state index < -0.39 is 43.1 Å². The molecule has 184 valence electrons. The van der Waals surface area contributed by atoms with Gasteiger partial charge in [0.1, 0.15) is 0 Å². The first kappa shape index (κ1) is 27.8. The van der Waals surface area contributed by atoms with Gasteiger partial charge in [-0.1, -0.05) is 95.1 Å². The van der Waals surface area contributed by atoms with Crippen molar-refractivity contribution >= 4 is 43.9 Å². The van der Waals surface area contributed by atoms with Gasteiger partial charge in [-0.2, -0.15) is 26.3 Å². The van der Waals surface area contributed by atoms with Gasteiger partial charge in [-0.3, -0.25) is 0 Å². The van der Waals surface area contributed by atoms with Crippen LogP contribution in [0.25, 0.3) is 0 Å². The summed E-state index contributed by atoms with van der Waals surface area (Å²) >= 11 is 0. The van der Waals surface area contributed by atoms with Crippen molar-refractivity contribution < 1.29 is 43.2 Å². The lowest BCUT2D eigenvalue weighted by atomic mass is 10.4. The Kier molecular flexibility index (Phi) is 8.86. The molecule has 3 aromatic carbocycles. The molecule has 0 fully saturated rings. The second kappa shape index (κ2) is 10.9. The molecule has 5 nitrogen and oxygen atoms in total. The van der Waals surface area contributed by atoms with Gasteiger partial charge in [-0.05, 0) is 23.8 Å². The maximum Gasteiger partial charge on any atom is 0.512 e. The molecule has 34 heavy (non-hydrogen) atoms. The first-order chi connectivity index (χ1) is 15.7. The topological polar surface area (TPSA) is 80.3 Å². The second-order valence-corrected chi connectivity index (χ2v) is 12.1. The zero-order valence-electron chi connectivity index (χ0n) is 16.8. The number of hydrogen-bond acceptors (Lipinski definition) is 4. The molecule has 0 radical (unpaired) electrons. The van der Waals surface area contributed by atoms with E-state index in [1.807, 2.05) is 0 Å². The lowest BCUT2D eigenvalue weighted by Crippen LogP contribution is -2.45. The van der Waals surface area contributed by atoms with Crippen molar-refractivity contribution in [2.75, 3.05) is 0 Å². The molecule has 3 rings (SSSR count). The number of nitrogens with one attached hydrogen (secondary N) is 1. The van der Waals surface area contributed by atoms with Crippen LogP contribution in [-0.2, 0) is 20.0 Å². The number of sulfonamides is 2. The predicted octanol–water partition coefficient (Wildman–Crippen LogP) is 3.72. The van der Waals surface area contributed by atoms with Crippen LogP contribution in [-0.4, -0.2) is 27.9 Å². The van der Waals surface area contributed by atoms with Crippen LogP contribution in [0, 0.1) is 0 Å². The highest BCUT2D eigenvalue weighted by Crippen LogP contribution is 2.32. The minimum absolute atomic E-state index is 0.446. The zero-order valence-corrected chi connectivity index (χ0v) is 19.4. The minimum atomic E-state index is -6.60. The normalized spacial score (nSPS) is 12.7. The molecule has 0 atom stereocenters. The Labute approximate surface area is 193 Å². The standard InChI is InChI=1S/C18H15P.C2HF6NO4S2/c1-4-10-16(11-5-1)19(17-12-6-2-7-13-17)18-14-8-3-9-15-18;3-1(4,5)14(10,11)9-15(12,13)2(6,7)8/h1-15H;9H. The van der Waals surface area contributed by atoms with E-state index in [0.29, 0.717) is 0 Å². The van der Waals surface area contributed by atoms with Crippen molar-refractivity contribution in [3.05, 3.63) is 91.0 Å². The van der Waals surface area contributed by atoms with Crippen molar-refractivity contribution in [1.29, 1.82) is 0 Å². The van der Waals surface area contributed by atoms with E-state index in [0.717, 1.165) is 0 Å². The Morgan fingerprint density at radius 2 is 0.735 bits per heavy atom. The molecule has 0 heterocycles. The van der Waals surface area contributed by atoms with Crippen LogP contribution < -0.4 is 20.0 Å². The van der Waals surface area contributed by atoms with Gasteiger partial charge in [0.25, 0.3) is 0 Å². The lowest BCUT2D eigenvalue weighted by Gasteiger charge is -2.18. The van der Waals surface area contributed by atoms with E-state index in [2.05, 4.69) is 91.0 Å². The van der Waals surface area contributed by atoms with Gasteiger partial charge in [0.05, 0.1) is 0 Å². The summed E-state index contributed by atoms with van der Waals surface area (Å²) in [7, 11) is -13.6. The highest BCUT2D eigenvalue weighted by Gasteiger charge is 2.55. The summed E-state index contributed by atoms with van der Waals surface area (Å²) in [6.45, 7) is 0. The largest absolute Gasteiger partial charge is 0.512 e. The van der Waals surface area contributed by atoms with Gasteiger partial charge >= 0.3 is 31.1 Å². The van der Waals surface area contributed by atoms with Crippen molar-refractivity contribution in [3.8, 4) is 0 Å². The molecule has 0 aliphatic carbocycles. The van der Waals surface area contributed by atoms with Crippen LogP contribution in [0.1, 0.15) is 0 Å².